The molecule has 0 saturated carbocycles. The van der Waals surface area contributed by atoms with Gasteiger partial charge in [0.05, 0.1) is 11.4 Å². The van der Waals surface area contributed by atoms with Crippen molar-refractivity contribution in [3.05, 3.63) is 71.7 Å². The summed E-state index contributed by atoms with van der Waals surface area (Å²) in [6, 6.07) is 15.0. The number of fused-ring (bicyclic) bond motifs is 1. The third-order valence-corrected chi connectivity index (χ3v) is 5.53. The Morgan fingerprint density at radius 1 is 0.964 bits per heavy atom. The van der Waals surface area contributed by atoms with Crippen LogP contribution in [0.2, 0.25) is 0 Å². The lowest BCUT2D eigenvalue weighted by molar-refractivity contribution is 0.619. The maximum Gasteiger partial charge on any atom is 0.126 e. The number of aromatic nitrogens is 1. The van der Waals surface area contributed by atoms with Gasteiger partial charge in [-0.3, -0.25) is 9.98 Å². The standard InChI is InChI=1S/C24H22FN3/c1-14-11-18(6-8-21(14)25)24-19(5-4-10-27-24)17-7-9-22-20(12-17)23(26)16(3)15(2)13-28-22/h4-13,15-16,26H,1-3H3. The number of rotatable bonds is 2. The van der Waals surface area contributed by atoms with Gasteiger partial charge in [0, 0.05) is 40.7 Å². The summed E-state index contributed by atoms with van der Waals surface area (Å²) in [5, 5.41) is 8.64. The SMILES string of the molecule is Cc1cc(-c2ncccc2-c2ccc3c(c2)C(=N)C(C)C(C)C=N3)ccc1F. The zero-order chi connectivity index (χ0) is 19.8. The zero-order valence-corrected chi connectivity index (χ0v) is 16.2. The molecule has 1 aliphatic heterocycles. The summed E-state index contributed by atoms with van der Waals surface area (Å²) in [5.74, 6) is 0.105. The van der Waals surface area contributed by atoms with Crippen LogP contribution in [0.25, 0.3) is 22.4 Å². The molecular formula is C24H22FN3. The molecule has 4 rings (SSSR count). The van der Waals surface area contributed by atoms with Crippen LogP contribution in [0.3, 0.4) is 0 Å². The van der Waals surface area contributed by atoms with Gasteiger partial charge in [0.25, 0.3) is 0 Å². The predicted octanol–water partition coefficient (Wildman–Crippen LogP) is 6.22. The summed E-state index contributed by atoms with van der Waals surface area (Å²) in [6.07, 6.45) is 3.68. The monoisotopic (exact) mass is 371 g/mol. The van der Waals surface area contributed by atoms with E-state index < -0.39 is 0 Å². The van der Waals surface area contributed by atoms with Crippen LogP contribution in [0.5, 0.6) is 0 Å². The molecule has 0 bridgehead atoms. The summed E-state index contributed by atoms with van der Waals surface area (Å²) < 4.78 is 13.7. The van der Waals surface area contributed by atoms with Gasteiger partial charge in [0.2, 0.25) is 0 Å². The van der Waals surface area contributed by atoms with Crippen LogP contribution in [-0.4, -0.2) is 16.9 Å². The molecule has 4 heteroatoms. The van der Waals surface area contributed by atoms with Gasteiger partial charge in [-0.25, -0.2) is 4.39 Å². The van der Waals surface area contributed by atoms with Crippen LogP contribution in [0, 0.1) is 30.0 Å². The Morgan fingerprint density at radius 3 is 2.54 bits per heavy atom. The first-order valence-electron chi connectivity index (χ1n) is 9.44. The molecule has 28 heavy (non-hydrogen) atoms. The molecule has 3 nitrogen and oxygen atoms in total. The van der Waals surface area contributed by atoms with E-state index in [2.05, 4.69) is 23.8 Å². The largest absolute Gasteiger partial charge is 0.304 e. The smallest absolute Gasteiger partial charge is 0.126 e. The normalized spacial score (nSPS) is 18.6. The molecule has 0 saturated heterocycles. The van der Waals surface area contributed by atoms with Gasteiger partial charge >= 0.3 is 0 Å². The van der Waals surface area contributed by atoms with Crippen LogP contribution < -0.4 is 0 Å². The zero-order valence-electron chi connectivity index (χ0n) is 16.2. The van der Waals surface area contributed by atoms with Crippen molar-refractivity contribution < 1.29 is 4.39 Å². The van der Waals surface area contributed by atoms with Gasteiger partial charge in [0.1, 0.15) is 5.82 Å². The van der Waals surface area contributed by atoms with Crippen molar-refractivity contribution in [1.29, 1.82) is 5.41 Å². The minimum absolute atomic E-state index is 0.105. The highest BCUT2D eigenvalue weighted by Crippen LogP contribution is 2.36. The van der Waals surface area contributed by atoms with Crippen molar-refractivity contribution in [1.82, 2.24) is 4.98 Å². The fourth-order valence-electron chi connectivity index (χ4n) is 3.53. The highest BCUT2D eigenvalue weighted by Gasteiger charge is 2.23. The molecule has 3 aromatic rings. The lowest BCUT2D eigenvalue weighted by atomic mass is 9.87. The van der Waals surface area contributed by atoms with E-state index in [1.165, 1.54) is 6.07 Å². The first-order valence-corrected chi connectivity index (χ1v) is 9.44. The van der Waals surface area contributed by atoms with Crippen LogP contribution in [0.4, 0.5) is 10.1 Å². The molecule has 1 aromatic heterocycles. The van der Waals surface area contributed by atoms with Crippen LogP contribution >= 0.6 is 0 Å². The topological polar surface area (TPSA) is 49.1 Å². The quantitative estimate of drug-likeness (QED) is 0.571. The third kappa shape index (κ3) is 3.15. The maximum absolute atomic E-state index is 13.7. The second-order valence-corrected chi connectivity index (χ2v) is 7.44. The lowest BCUT2D eigenvalue weighted by Crippen LogP contribution is -2.18. The Bertz CT molecular complexity index is 1100. The number of benzene rings is 2. The van der Waals surface area contributed by atoms with E-state index in [4.69, 9.17) is 5.41 Å². The van der Waals surface area contributed by atoms with Crippen LogP contribution in [0.1, 0.15) is 25.0 Å². The molecule has 2 atom stereocenters. The number of aliphatic imine (C=N–C) groups is 1. The molecule has 0 spiro atoms. The van der Waals surface area contributed by atoms with Gasteiger partial charge in [-0.15, -0.1) is 0 Å². The molecular weight excluding hydrogens is 349 g/mol. The van der Waals surface area contributed by atoms with E-state index in [0.717, 1.165) is 33.6 Å². The van der Waals surface area contributed by atoms with E-state index in [1.807, 2.05) is 42.6 Å². The van der Waals surface area contributed by atoms with Gasteiger partial charge in [0.15, 0.2) is 0 Å². The molecule has 0 amide bonds. The Morgan fingerprint density at radius 2 is 1.75 bits per heavy atom. The first kappa shape index (κ1) is 18.2. The second kappa shape index (κ2) is 7.12. The van der Waals surface area contributed by atoms with Gasteiger partial charge in [-0.2, -0.15) is 0 Å². The number of nitrogens with one attached hydrogen (secondary N) is 1. The highest BCUT2D eigenvalue weighted by atomic mass is 19.1. The van der Waals surface area contributed by atoms with Gasteiger partial charge in [-0.1, -0.05) is 26.0 Å². The molecule has 0 radical (unpaired) electrons. The van der Waals surface area contributed by atoms with E-state index in [0.29, 0.717) is 11.3 Å². The molecule has 1 N–H and O–H groups in total. The molecule has 0 fully saturated rings. The van der Waals surface area contributed by atoms with Crippen LogP contribution in [0.15, 0.2) is 59.7 Å². The number of nitrogens with zero attached hydrogens (tertiary/aromatic N) is 2. The molecule has 0 aliphatic carbocycles. The number of hydrogen-bond donors (Lipinski definition) is 1. The van der Waals surface area contributed by atoms with Crippen molar-refractivity contribution in [2.24, 2.45) is 16.8 Å². The molecule has 2 aromatic carbocycles. The highest BCUT2D eigenvalue weighted by molar-refractivity contribution is 6.07. The Labute approximate surface area is 164 Å². The molecule has 2 heterocycles. The second-order valence-electron chi connectivity index (χ2n) is 7.44. The molecule has 2 unspecified atom stereocenters. The van der Waals surface area contributed by atoms with E-state index >= 15 is 0 Å². The number of halogens is 1. The van der Waals surface area contributed by atoms with E-state index in [9.17, 15) is 4.39 Å². The van der Waals surface area contributed by atoms with E-state index in [-0.39, 0.29) is 17.7 Å². The minimum atomic E-state index is -0.222. The van der Waals surface area contributed by atoms with Crippen molar-refractivity contribution in [3.63, 3.8) is 0 Å². The Hall–Kier alpha value is -3.14. The number of pyridine rings is 1. The first-order chi connectivity index (χ1) is 13.5. The van der Waals surface area contributed by atoms with Gasteiger partial charge < -0.3 is 5.41 Å². The molecule has 140 valence electrons. The third-order valence-electron chi connectivity index (χ3n) is 5.53. The predicted molar refractivity (Wildman–Crippen MR) is 113 cm³/mol. The summed E-state index contributed by atoms with van der Waals surface area (Å²) in [5.41, 5.74) is 6.49. The minimum Gasteiger partial charge on any atom is -0.304 e. The van der Waals surface area contributed by atoms with Crippen LogP contribution in [-0.2, 0) is 0 Å². The van der Waals surface area contributed by atoms with Crippen molar-refractivity contribution in [2.75, 3.05) is 0 Å². The summed E-state index contributed by atoms with van der Waals surface area (Å²) >= 11 is 0. The Balaban J connectivity index is 1.85. The van der Waals surface area contributed by atoms with Crippen molar-refractivity contribution in [3.8, 4) is 22.4 Å². The summed E-state index contributed by atoms with van der Waals surface area (Å²) in [7, 11) is 0. The maximum atomic E-state index is 13.7. The lowest BCUT2D eigenvalue weighted by Gasteiger charge is -2.16. The van der Waals surface area contributed by atoms with Crippen molar-refractivity contribution >= 4 is 17.6 Å². The van der Waals surface area contributed by atoms with Crippen molar-refractivity contribution in [2.45, 2.75) is 20.8 Å². The fraction of sp³-hybridized carbons (Fsp3) is 0.208. The Kier molecular flexibility index (Phi) is 4.63. The average molecular weight is 371 g/mol. The summed E-state index contributed by atoms with van der Waals surface area (Å²) in [6.45, 7) is 5.91. The molecule has 1 aliphatic rings. The van der Waals surface area contributed by atoms with E-state index in [1.54, 1.807) is 19.2 Å². The average Bonchev–Trinajstić information content (AvgIpc) is 2.82. The summed E-state index contributed by atoms with van der Waals surface area (Å²) in [4.78, 5) is 9.15. The number of hydrogen-bond acceptors (Lipinski definition) is 3. The van der Waals surface area contributed by atoms with Gasteiger partial charge in [-0.05, 0) is 60.4 Å². The fourth-order valence-corrected chi connectivity index (χ4v) is 3.53. The number of aryl methyl sites for hydroxylation is 1.